The number of methoxy groups -OCH3 is 1. The third-order valence-corrected chi connectivity index (χ3v) is 6.18. The zero-order chi connectivity index (χ0) is 22.1. The van der Waals surface area contributed by atoms with Crippen LogP contribution in [0.3, 0.4) is 0 Å². The lowest BCUT2D eigenvalue weighted by molar-refractivity contribution is 0.0663. The Morgan fingerprint density at radius 3 is 2.97 bits per heavy atom. The minimum absolute atomic E-state index is 0.0241. The van der Waals surface area contributed by atoms with Crippen LogP contribution >= 0.6 is 0 Å². The average molecular weight is 431 g/mol. The molecule has 1 fully saturated rings. The molecule has 0 bridgehead atoms. The summed E-state index contributed by atoms with van der Waals surface area (Å²) in [4.78, 5) is 22.9. The number of rotatable bonds is 5. The summed E-state index contributed by atoms with van der Waals surface area (Å²) in [7, 11) is 1.64. The van der Waals surface area contributed by atoms with Crippen molar-refractivity contribution in [1.29, 1.82) is 0 Å². The van der Waals surface area contributed by atoms with E-state index in [0.717, 1.165) is 47.2 Å². The van der Waals surface area contributed by atoms with E-state index < -0.39 is 0 Å². The zero-order valence-electron chi connectivity index (χ0n) is 18.3. The van der Waals surface area contributed by atoms with E-state index in [-0.39, 0.29) is 5.91 Å². The number of likely N-dealkylation sites (tertiary alicyclic amines) is 1. The van der Waals surface area contributed by atoms with Crippen molar-refractivity contribution in [3.63, 3.8) is 0 Å². The van der Waals surface area contributed by atoms with Gasteiger partial charge in [0.25, 0.3) is 5.91 Å². The third-order valence-electron chi connectivity index (χ3n) is 6.18. The van der Waals surface area contributed by atoms with Gasteiger partial charge in [-0.2, -0.15) is 4.98 Å². The number of hydrogen-bond donors (Lipinski definition) is 1. The molecule has 2 aromatic carbocycles. The largest absolute Gasteiger partial charge is 0.497 e. The maximum absolute atomic E-state index is 13.2. The van der Waals surface area contributed by atoms with Crippen molar-refractivity contribution in [1.82, 2.24) is 20.0 Å². The molecule has 1 aliphatic heterocycles. The molecule has 7 nitrogen and oxygen atoms in total. The van der Waals surface area contributed by atoms with Gasteiger partial charge in [-0.05, 0) is 49.4 Å². The van der Waals surface area contributed by atoms with Crippen molar-refractivity contribution >= 4 is 16.8 Å². The number of benzene rings is 2. The summed E-state index contributed by atoms with van der Waals surface area (Å²) >= 11 is 0. The number of ether oxygens (including phenoxy) is 1. The van der Waals surface area contributed by atoms with Gasteiger partial charge in [0.15, 0.2) is 0 Å². The second-order valence-electron chi connectivity index (χ2n) is 8.43. The van der Waals surface area contributed by atoms with Gasteiger partial charge in [0.1, 0.15) is 11.4 Å². The lowest BCUT2D eigenvalue weighted by Gasteiger charge is -2.31. The first-order valence-corrected chi connectivity index (χ1v) is 11.0. The second kappa shape index (κ2) is 8.49. The Morgan fingerprint density at radius 1 is 1.25 bits per heavy atom. The number of carbonyl (C=O) groups excluding carboxylic acids is 1. The molecule has 0 radical (unpaired) electrons. The molecule has 1 N–H and O–H groups in total. The summed E-state index contributed by atoms with van der Waals surface area (Å²) in [5.74, 6) is 2.33. The van der Waals surface area contributed by atoms with E-state index in [2.05, 4.69) is 15.1 Å². The fourth-order valence-corrected chi connectivity index (χ4v) is 4.45. The summed E-state index contributed by atoms with van der Waals surface area (Å²) in [5.41, 5.74) is 3.60. The number of nitrogens with zero attached hydrogens (tertiary/aromatic N) is 3. The van der Waals surface area contributed by atoms with E-state index in [1.165, 1.54) is 0 Å². The van der Waals surface area contributed by atoms with E-state index in [1.54, 1.807) is 7.11 Å². The van der Waals surface area contributed by atoms with Crippen LogP contribution in [0.2, 0.25) is 0 Å². The normalized spacial score (nSPS) is 16.4. The van der Waals surface area contributed by atoms with E-state index in [4.69, 9.17) is 9.26 Å². The number of piperidine rings is 1. The maximum Gasteiger partial charge on any atom is 0.270 e. The SMILES string of the molecule is COc1ccc2cc(C(=O)N3CCC[C@H](Cc4nc(-c5ccccc5C)no4)C3)[nH]c2c1. The van der Waals surface area contributed by atoms with Crippen LogP contribution in [0, 0.1) is 12.8 Å². The molecule has 1 aliphatic rings. The lowest BCUT2D eigenvalue weighted by atomic mass is 9.94. The summed E-state index contributed by atoms with van der Waals surface area (Å²) in [6.07, 6.45) is 2.67. The van der Waals surface area contributed by atoms with Gasteiger partial charge in [-0.3, -0.25) is 4.79 Å². The van der Waals surface area contributed by atoms with Gasteiger partial charge in [-0.1, -0.05) is 29.4 Å². The number of H-pyrrole nitrogens is 1. The van der Waals surface area contributed by atoms with Gasteiger partial charge in [0.05, 0.1) is 7.11 Å². The van der Waals surface area contributed by atoms with E-state index >= 15 is 0 Å². The quantitative estimate of drug-likeness (QED) is 0.499. The van der Waals surface area contributed by atoms with Crippen molar-refractivity contribution < 1.29 is 14.1 Å². The van der Waals surface area contributed by atoms with Crippen LogP contribution in [0.1, 0.15) is 34.8 Å². The molecule has 0 saturated carbocycles. The van der Waals surface area contributed by atoms with Crippen LogP contribution < -0.4 is 4.74 Å². The molecule has 2 aromatic heterocycles. The Labute approximate surface area is 186 Å². The third kappa shape index (κ3) is 3.98. The average Bonchev–Trinajstić information content (AvgIpc) is 3.45. The molecule has 32 heavy (non-hydrogen) atoms. The first-order chi connectivity index (χ1) is 15.6. The number of hydrogen-bond acceptors (Lipinski definition) is 5. The van der Waals surface area contributed by atoms with Crippen LogP contribution in [0.5, 0.6) is 5.75 Å². The number of aromatic amines is 1. The van der Waals surface area contributed by atoms with Gasteiger partial charge in [0.2, 0.25) is 11.7 Å². The van der Waals surface area contributed by atoms with Gasteiger partial charge in [0, 0.05) is 42.0 Å². The standard InChI is InChI=1S/C25H26N4O3/c1-16-6-3-4-8-20(16)24-27-23(32-28-24)12-17-7-5-11-29(15-17)25(30)22-13-18-9-10-19(31-2)14-21(18)26-22/h3-4,6,8-10,13-14,17,26H,5,7,11-12,15H2,1-2H3/t17-/m1/s1. The molecule has 3 heterocycles. The first kappa shape index (κ1) is 20.3. The van der Waals surface area contributed by atoms with E-state index in [9.17, 15) is 4.79 Å². The highest BCUT2D eigenvalue weighted by atomic mass is 16.5. The van der Waals surface area contributed by atoms with Crippen LogP contribution in [-0.2, 0) is 6.42 Å². The summed E-state index contributed by atoms with van der Waals surface area (Å²) in [6, 6.07) is 15.7. The van der Waals surface area contributed by atoms with Crippen molar-refractivity contribution in [2.45, 2.75) is 26.2 Å². The van der Waals surface area contributed by atoms with Gasteiger partial charge in [-0.25, -0.2) is 0 Å². The number of amides is 1. The first-order valence-electron chi connectivity index (χ1n) is 11.0. The number of aryl methyl sites for hydroxylation is 1. The van der Waals surface area contributed by atoms with Crippen molar-refractivity contribution in [3.05, 3.63) is 65.7 Å². The summed E-state index contributed by atoms with van der Waals surface area (Å²) in [6.45, 7) is 3.47. The molecule has 0 unspecified atom stereocenters. The van der Waals surface area contributed by atoms with Gasteiger partial charge < -0.3 is 19.1 Å². The molecular weight excluding hydrogens is 404 g/mol. The minimum atomic E-state index is 0.0241. The van der Waals surface area contributed by atoms with Crippen molar-refractivity contribution in [2.75, 3.05) is 20.2 Å². The molecule has 1 amide bonds. The Balaban J connectivity index is 1.28. The number of carbonyl (C=O) groups is 1. The highest BCUT2D eigenvalue weighted by molar-refractivity contribution is 5.98. The molecule has 0 aliphatic carbocycles. The Bertz CT molecular complexity index is 1260. The predicted molar refractivity (Wildman–Crippen MR) is 122 cm³/mol. The van der Waals surface area contributed by atoms with Crippen LogP contribution in [0.25, 0.3) is 22.3 Å². The lowest BCUT2D eigenvalue weighted by Crippen LogP contribution is -2.40. The van der Waals surface area contributed by atoms with Gasteiger partial charge in [-0.15, -0.1) is 0 Å². The van der Waals surface area contributed by atoms with Crippen LogP contribution in [0.15, 0.2) is 53.1 Å². The topological polar surface area (TPSA) is 84.2 Å². The number of nitrogens with one attached hydrogen (secondary N) is 1. The van der Waals surface area contributed by atoms with Crippen LogP contribution in [0.4, 0.5) is 0 Å². The fraction of sp³-hybridized carbons (Fsp3) is 0.320. The second-order valence-corrected chi connectivity index (χ2v) is 8.43. The molecule has 7 heteroatoms. The Hall–Kier alpha value is -3.61. The molecule has 5 rings (SSSR count). The highest BCUT2D eigenvalue weighted by Gasteiger charge is 2.27. The molecule has 164 valence electrons. The molecule has 4 aromatic rings. The molecule has 1 saturated heterocycles. The zero-order valence-corrected chi connectivity index (χ0v) is 18.3. The summed E-state index contributed by atoms with van der Waals surface area (Å²) < 4.78 is 10.8. The predicted octanol–water partition coefficient (Wildman–Crippen LogP) is 4.63. The number of aromatic nitrogens is 3. The molecule has 0 spiro atoms. The van der Waals surface area contributed by atoms with Crippen LogP contribution in [-0.4, -0.2) is 46.1 Å². The van der Waals surface area contributed by atoms with E-state index in [0.29, 0.717) is 36.3 Å². The van der Waals surface area contributed by atoms with Gasteiger partial charge >= 0.3 is 0 Å². The fourth-order valence-electron chi connectivity index (χ4n) is 4.45. The summed E-state index contributed by atoms with van der Waals surface area (Å²) in [5, 5.41) is 5.17. The molecule has 1 atom stereocenters. The minimum Gasteiger partial charge on any atom is -0.497 e. The highest BCUT2D eigenvalue weighted by Crippen LogP contribution is 2.26. The van der Waals surface area contributed by atoms with Crippen molar-refractivity contribution in [2.24, 2.45) is 5.92 Å². The Morgan fingerprint density at radius 2 is 2.12 bits per heavy atom. The van der Waals surface area contributed by atoms with E-state index in [1.807, 2.05) is 60.4 Å². The maximum atomic E-state index is 13.2. The smallest absolute Gasteiger partial charge is 0.270 e. The molecular formula is C25H26N4O3. The number of fused-ring (bicyclic) bond motifs is 1. The van der Waals surface area contributed by atoms with Crippen molar-refractivity contribution in [3.8, 4) is 17.1 Å². The monoisotopic (exact) mass is 430 g/mol. The Kier molecular flexibility index (Phi) is 5.39.